The Morgan fingerprint density at radius 3 is 2.71 bits per heavy atom. The summed E-state index contributed by atoms with van der Waals surface area (Å²) >= 11 is 0. The molecule has 0 aliphatic carbocycles. The second kappa shape index (κ2) is 3.21. The monoisotopic (exact) mass is 190 g/mol. The van der Waals surface area contributed by atoms with Gasteiger partial charge in [-0.1, -0.05) is 0 Å². The van der Waals surface area contributed by atoms with Crippen LogP contribution in [0.5, 0.6) is 0 Å². The molecule has 4 nitrogen and oxygen atoms in total. The lowest BCUT2D eigenvalue weighted by Gasteiger charge is -2.14. The van der Waals surface area contributed by atoms with E-state index in [9.17, 15) is 0 Å². The molecule has 0 bridgehead atoms. The smallest absolute Gasteiger partial charge is 0.122 e. The highest BCUT2D eigenvalue weighted by molar-refractivity contribution is 5.84. The van der Waals surface area contributed by atoms with Crippen LogP contribution in [0.25, 0.3) is 0 Å². The largest absolute Gasteiger partial charge is 0.399 e. The first-order valence-corrected chi connectivity index (χ1v) is 4.63. The van der Waals surface area contributed by atoms with E-state index in [1.165, 1.54) is 0 Å². The number of benzene rings is 1. The van der Waals surface area contributed by atoms with Crippen molar-refractivity contribution in [1.29, 1.82) is 0 Å². The van der Waals surface area contributed by atoms with E-state index in [1.54, 1.807) is 0 Å². The lowest BCUT2D eigenvalue weighted by Crippen LogP contribution is -2.12. The molecule has 0 unspecified atom stereocenters. The van der Waals surface area contributed by atoms with Gasteiger partial charge in [0.05, 0.1) is 5.69 Å². The van der Waals surface area contributed by atoms with Crippen molar-refractivity contribution in [3.63, 3.8) is 0 Å². The topological polar surface area (TPSA) is 67.6 Å². The maximum atomic E-state index is 5.74. The third-order valence-electron chi connectivity index (χ3n) is 2.38. The van der Waals surface area contributed by atoms with E-state index in [0.29, 0.717) is 5.84 Å². The van der Waals surface area contributed by atoms with Gasteiger partial charge in [-0.25, -0.2) is 0 Å². The van der Waals surface area contributed by atoms with Crippen molar-refractivity contribution in [1.82, 2.24) is 0 Å². The van der Waals surface area contributed by atoms with Gasteiger partial charge < -0.3 is 11.5 Å². The number of nitrogen functional groups attached to an aromatic ring is 1. The van der Waals surface area contributed by atoms with Gasteiger partial charge in [-0.2, -0.15) is 5.10 Å². The molecule has 0 radical (unpaired) electrons. The van der Waals surface area contributed by atoms with Crippen molar-refractivity contribution in [3.8, 4) is 0 Å². The van der Waals surface area contributed by atoms with Crippen LogP contribution in [0.3, 0.4) is 0 Å². The molecule has 1 aliphatic rings. The van der Waals surface area contributed by atoms with Crippen LogP contribution in [-0.4, -0.2) is 12.4 Å². The number of anilines is 2. The molecule has 4 N–H and O–H groups in total. The number of amidine groups is 1. The SMILES string of the molecule is Cc1cc(N2CCC(N)=N2)ccc1N. The molecule has 0 spiro atoms. The first kappa shape index (κ1) is 8.87. The maximum Gasteiger partial charge on any atom is 0.122 e. The highest BCUT2D eigenvalue weighted by Gasteiger charge is 2.13. The highest BCUT2D eigenvalue weighted by Crippen LogP contribution is 2.22. The molecular weight excluding hydrogens is 176 g/mol. The van der Waals surface area contributed by atoms with Gasteiger partial charge in [-0.3, -0.25) is 5.01 Å². The predicted octanol–water partition coefficient (Wildman–Crippen LogP) is 1.06. The van der Waals surface area contributed by atoms with Crippen LogP contribution in [0.15, 0.2) is 23.3 Å². The van der Waals surface area contributed by atoms with E-state index >= 15 is 0 Å². The van der Waals surface area contributed by atoms with E-state index in [-0.39, 0.29) is 0 Å². The Morgan fingerprint density at radius 1 is 1.36 bits per heavy atom. The molecule has 0 fully saturated rings. The van der Waals surface area contributed by atoms with E-state index in [2.05, 4.69) is 5.10 Å². The standard InChI is InChI=1S/C10H14N4/c1-7-6-8(2-3-9(7)11)14-5-4-10(12)13-14/h2-3,6H,4-5,11H2,1H3,(H2,12,13). The summed E-state index contributed by atoms with van der Waals surface area (Å²) in [5.41, 5.74) is 14.3. The maximum absolute atomic E-state index is 5.74. The summed E-state index contributed by atoms with van der Waals surface area (Å²) in [5.74, 6) is 0.694. The summed E-state index contributed by atoms with van der Waals surface area (Å²) in [6.45, 7) is 2.84. The lowest BCUT2D eigenvalue weighted by atomic mass is 10.2. The van der Waals surface area contributed by atoms with Crippen molar-refractivity contribution >= 4 is 17.2 Å². The molecule has 4 heteroatoms. The Hall–Kier alpha value is -1.71. The molecule has 1 heterocycles. The fourth-order valence-electron chi connectivity index (χ4n) is 1.48. The molecule has 0 amide bonds. The Bertz CT molecular complexity index is 384. The van der Waals surface area contributed by atoms with Gasteiger partial charge in [-0.15, -0.1) is 0 Å². The molecule has 1 aromatic rings. The van der Waals surface area contributed by atoms with E-state index in [0.717, 1.165) is 29.9 Å². The van der Waals surface area contributed by atoms with Gasteiger partial charge in [0.25, 0.3) is 0 Å². The first-order chi connectivity index (χ1) is 6.66. The number of aryl methyl sites for hydroxylation is 1. The average molecular weight is 190 g/mol. The Morgan fingerprint density at radius 2 is 2.14 bits per heavy atom. The number of hydrazone groups is 1. The van der Waals surface area contributed by atoms with Crippen LogP contribution in [0.1, 0.15) is 12.0 Å². The number of hydrogen-bond donors (Lipinski definition) is 2. The number of hydrogen-bond acceptors (Lipinski definition) is 4. The summed E-state index contributed by atoms with van der Waals surface area (Å²) in [6.07, 6.45) is 0.837. The van der Waals surface area contributed by atoms with E-state index in [1.807, 2.05) is 30.1 Å². The van der Waals surface area contributed by atoms with Gasteiger partial charge in [0.15, 0.2) is 0 Å². The van der Waals surface area contributed by atoms with E-state index in [4.69, 9.17) is 11.5 Å². The first-order valence-electron chi connectivity index (χ1n) is 4.63. The second-order valence-electron chi connectivity index (χ2n) is 3.51. The van der Waals surface area contributed by atoms with Gasteiger partial charge in [0.2, 0.25) is 0 Å². The fraction of sp³-hybridized carbons (Fsp3) is 0.300. The van der Waals surface area contributed by atoms with Crippen LogP contribution < -0.4 is 16.5 Å². The molecule has 2 rings (SSSR count). The van der Waals surface area contributed by atoms with Gasteiger partial charge in [-0.05, 0) is 30.7 Å². The van der Waals surface area contributed by atoms with Crippen LogP contribution in [-0.2, 0) is 0 Å². The molecular formula is C10H14N4. The van der Waals surface area contributed by atoms with Crippen LogP contribution in [0.4, 0.5) is 11.4 Å². The fourth-order valence-corrected chi connectivity index (χ4v) is 1.48. The molecule has 74 valence electrons. The minimum atomic E-state index is 0.694. The molecule has 1 aliphatic heterocycles. The molecule has 14 heavy (non-hydrogen) atoms. The van der Waals surface area contributed by atoms with E-state index < -0.39 is 0 Å². The number of rotatable bonds is 1. The minimum Gasteiger partial charge on any atom is -0.399 e. The minimum absolute atomic E-state index is 0.694. The predicted molar refractivity (Wildman–Crippen MR) is 59.2 cm³/mol. The second-order valence-corrected chi connectivity index (χ2v) is 3.51. The third-order valence-corrected chi connectivity index (χ3v) is 2.38. The van der Waals surface area contributed by atoms with Crippen molar-refractivity contribution in [2.75, 3.05) is 17.3 Å². The van der Waals surface area contributed by atoms with Crippen molar-refractivity contribution in [2.24, 2.45) is 10.8 Å². The third kappa shape index (κ3) is 1.51. The summed E-state index contributed by atoms with van der Waals surface area (Å²) in [7, 11) is 0. The summed E-state index contributed by atoms with van der Waals surface area (Å²) < 4.78 is 0. The summed E-state index contributed by atoms with van der Waals surface area (Å²) in [4.78, 5) is 0. The van der Waals surface area contributed by atoms with Crippen molar-refractivity contribution < 1.29 is 0 Å². The lowest BCUT2D eigenvalue weighted by molar-refractivity contribution is 0.921. The zero-order valence-corrected chi connectivity index (χ0v) is 8.20. The zero-order chi connectivity index (χ0) is 10.1. The zero-order valence-electron chi connectivity index (χ0n) is 8.20. The molecule has 0 aromatic heterocycles. The number of nitrogens with zero attached hydrogens (tertiary/aromatic N) is 2. The highest BCUT2D eigenvalue weighted by atomic mass is 15.5. The average Bonchev–Trinajstić information content (AvgIpc) is 2.57. The van der Waals surface area contributed by atoms with Gasteiger partial charge >= 0.3 is 0 Å². The molecule has 0 atom stereocenters. The normalized spacial score (nSPS) is 15.8. The Labute approximate surface area is 83.2 Å². The molecule has 0 saturated carbocycles. The number of nitrogens with two attached hydrogens (primary N) is 2. The van der Waals surface area contributed by atoms with Crippen LogP contribution in [0, 0.1) is 6.92 Å². The van der Waals surface area contributed by atoms with Crippen LogP contribution in [0.2, 0.25) is 0 Å². The summed E-state index contributed by atoms with van der Waals surface area (Å²) in [5, 5.41) is 6.12. The van der Waals surface area contributed by atoms with Crippen LogP contribution >= 0.6 is 0 Å². The van der Waals surface area contributed by atoms with Crippen molar-refractivity contribution in [2.45, 2.75) is 13.3 Å². The van der Waals surface area contributed by atoms with Gasteiger partial charge in [0, 0.05) is 18.7 Å². The summed E-state index contributed by atoms with van der Waals surface area (Å²) in [6, 6.07) is 5.89. The quantitative estimate of drug-likeness (QED) is 0.651. The molecule has 1 aromatic carbocycles. The Kier molecular flexibility index (Phi) is 2.04. The van der Waals surface area contributed by atoms with Crippen molar-refractivity contribution in [3.05, 3.63) is 23.8 Å². The van der Waals surface area contributed by atoms with Gasteiger partial charge in [0.1, 0.15) is 5.84 Å². The molecule has 0 saturated heterocycles. The Balaban J connectivity index is 2.29.